The molecule has 0 saturated heterocycles. The molecular weight excluding hydrogens is 248 g/mol. The molecule has 1 N–H and O–H groups in total. The van der Waals surface area contributed by atoms with E-state index in [1.54, 1.807) is 7.11 Å². The summed E-state index contributed by atoms with van der Waals surface area (Å²) in [5, 5.41) is 3.55. The molecule has 1 aromatic carbocycles. The van der Waals surface area contributed by atoms with Crippen LogP contribution in [0.4, 0.5) is 5.69 Å². The maximum atomic E-state index is 5.21. The number of aryl methyl sites for hydroxylation is 1. The van der Waals surface area contributed by atoms with Crippen LogP contribution in [0.2, 0.25) is 0 Å². The van der Waals surface area contributed by atoms with Gasteiger partial charge in [-0.05, 0) is 37.9 Å². The van der Waals surface area contributed by atoms with Gasteiger partial charge >= 0.3 is 0 Å². The molecule has 0 unspecified atom stereocenters. The fraction of sp³-hybridized carbons (Fsp3) is 0.647. The fourth-order valence-electron chi connectivity index (χ4n) is 2.31. The van der Waals surface area contributed by atoms with Crippen LogP contribution >= 0.6 is 0 Å². The summed E-state index contributed by atoms with van der Waals surface area (Å²) in [6, 6.07) is 6.72. The van der Waals surface area contributed by atoms with Crippen LogP contribution in [0.25, 0.3) is 0 Å². The average Bonchev–Trinajstić information content (AvgIpc) is 2.41. The number of nitrogens with one attached hydrogen (secondary N) is 1. The van der Waals surface area contributed by atoms with E-state index in [9.17, 15) is 0 Å². The second-order valence-corrected chi connectivity index (χ2v) is 5.73. The summed E-state index contributed by atoms with van der Waals surface area (Å²) in [5.41, 5.74) is 4.02. The van der Waals surface area contributed by atoms with Crippen LogP contribution in [0.3, 0.4) is 0 Å². The number of nitrogens with zero attached hydrogens (tertiary/aromatic N) is 1. The normalized spacial score (nSPS) is 11.1. The van der Waals surface area contributed by atoms with Crippen LogP contribution in [0.1, 0.15) is 31.9 Å². The van der Waals surface area contributed by atoms with Gasteiger partial charge in [0.25, 0.3) is 0 Å². The highest BCUT2D eigenvalue weighted by Crippen LogP contribution is 2.22. The Morgan fingerprint density at radius 3 is 2.65 bits per heavy atom. The molecule has 0 fully saturated rings. The summed E-state index contributed by atoms with van der Waals surface area (Å²) in [6.07, 6.45) is 0. The Balaban J connectivity index is 2.81. The summed E-state index contributed by atoms with van der Waals surface area (Å²) in [5.74, 6) is 0.680. The van der Waals surface area contributed by atoms with E-state index in [-0.39, 0.29) is 0 Å². The Kier molecular flexibility index (Phi) is 7.63. The molecule has 1 rings (SSSR count). The highest BCUT2D eigenvalue weighted by molar-refractivity contribution is 5.55. The zero-order valence-electron chi connectivity index (χ0n) is 13.7. The lowest BCUT2D eigenvalue weighted by Crippen LogP contribution is -2.29. The lowest BCUT2D eigenvalue weighted by molar-refractivity contribution is 0.205. The van der Waals surface area contributed by atoms with Crippen molar-refractivity contribution in [3.8, 4) is 0 Å². The zero-order chi connectivity index (χ0) is 15.0. The number of anilines is 1. The average molecular weight is 278 g/mol. The SMILES string of the molecule is CCN(CCOC)c1ccc(C)cc1CNCC(C)C. The van der Waals surface area contributed by atoms with Crippen molar-refractivity contribution in [2.75, 3.05) is 38.3 Å². The quantitative estimate of drug-likeness (QED) is 0.750. The van der Waals surface area contributed by atoms with E-state index in [1.807, 2.05) is 0 Å². The van der Waals surface area contributed by atoms with Gasteiger partial charge in [0.05, 0.1) is 6.61 Å². The second kappa shape index (κ2) is 8.98. The van der Waals surface area contributed by atoms with Gasteiger partial charge in [-0.1, -0.05) is 31.5 Å². The van der Waals surface area contributed by atoms with Gasteiger partial charge in [0, 0.05) is 32.4 Å². The van der Waals surface area contributed by atoms with Gasteiger partial charge in [0.15, 0.2) is 0 Å². The summed E-state index contributed by atoms with van der Waals surface area (Å²) < 4.78 is 5.21. The Morgan fingerprint density at radius 2 is 2.05 bits per heavy atom. The van der Waals surface area contributed by atoms with Crippen molar-refractivity contribution in [2.24, 2.45) is 5.92 Å². The van der Waals surface area contributed by atoms with Crippen LogP contribution in [-0.4, -0.2) is 33.4 Å². The van der Waals surface area contributed by atoms with Gasteiger partial charge < -0.3 is 15.0 Å². The lowest BCUT2D eigenvalue weighted by atomic mass is 10.1. The van der Waals surface area contributed by atoms with Gasteiger partial charge in [0.1, 0.15) is 0 Å². The maximum Gasteiger partial charge on any atom is 0.0637 e. The van der Waals surface area contributed by atoms with Crippen LogP contribution in [-0.2, 0) is 11.3 Å². The molecule has 0 bridgehead atoms. The van der Waals surface area contributed by atoms with E-state index in [1.165, 1.54) is 16.8 Å². The van der Waals surface area contributed by atoms with Gasteiger partial charge in [0.2, 0.25) is 0 Å². The van der Waals surface area contributed by atoms with Crippen molar-refractivity contribution in [1.82, 2.24) is 5.32 Å². The number of likely N-dealkylation sites (N-methyl/N-ethyl adjacent to an activating group) is 1. The number of methoxy groups -OCH3 is 1. The second-order valence-electron chi connectivity index (χ2n) is 5.73. The molecule has 3 nitrogen and oxygen atoms in total. The summed E-state index contributed by atoms with van der Waals surface area (Å²) >= 11 is 0. The minimum Gasteiger partial charge on any atom is -0.383 e. The lowest BCUT2D eigenvalue weighted by Gasteiger charge is -2.26. The third-order valence-corrected chi connectivity index (χ3v) is 3.39. The van der Waals surface area contributed by atoms with Crippen LogP contribution in [0.5, 0.6) is 0 Å². The Morgan fingerprint density at radius 1 is 1.30 bits per heavy atom. The number of ether oxygens (including phenoxy) is 1. The Labute approximate surface area is 124 Å². The summed E-state index contributed by atoms with van der Waals surface area (Å²) in [4.78, 5) is 2.38. The van der Waals surface area contributed by atoms with Crippen molar-refractivity contribution in [2.45, 2.75) is 34.2 Å². The molecule has 0 radical (unpaired) electrons. The molecule has 0 heterocycles. The first-order valence-corrected chi connectivity index (χ1v) is 7.62. The van der Waals surface area contributed by atoms with E-state index in [0.717, 1.165) is 32.8 Å². The van der Waals surface area contributed by atoms with Crippen molar-refractivity contribution < 1.29 is 4.74 Å². The van der Waals surface area contributed by atoms with Crippen molar-refractivity contribution in [3.63, 3.8) is 0 Å². The number of benzene rings is 1. The smallest absolute Gasteiger partial charge is 0.0637 e. The predicted octanol–water partition coefficient (Wildman–Crippen LogP) is 3.21. The fourth-order valence-corrected chi connectivity index (χ4v) is 2.31. The monoisotopic (exact) mass is 278 g/mol. The molecule has 0 spiro atoms. The molecule has 0 aromatic heterocycles. The first-order chi connectivity index (χ1) is 9.58. The van der Waals surface area contributed by atoms with Gasteiger partial charge in [-0.15, -0.1) is 0 Å². The van der Waals surface area contributed by atoms with Crippen LogP contribution in [0.15, 0.2) is 18.2 Å². The first-order valence-electron chi connectivity index (χ1n) is 7.62. The van der Waals surface area contributed by atoms with Crippen molar-refractivity contribution >= 4 is 5.69 Å². The molecular formula is C17H30N2O. The Hall–Kier alpha value is -1.06. The van der Waals surface area contributed by atoms with E-state index in [2.05, 4.69) is 56.1 Å². The molecule has 1 aromatic rings. The summed E-state index contributed by atoms with van der Waals surface area (Å²) in [6.45, 7) is 13.5. The minimum atomic E-state index is 0.680. The number of hydrogen-bond acceptors (Lipinski definition) is 3. The minimum absolute atomic E-state index is 0.680. The topological polar surface area (TPSA) is 24.5 Å². The predicted molar refractivity (Wildman–Crippen MR) is 87.5 cm³/mol. The van der Waals surface area contributed by atoms with Crippen molar-refractivity contribution in [3.05, 3.63) is 29.3 Å². The summed E-state index contributed by atoms with van der Waals surface area (Å²) in [7, 11) is 1.76. The largest absolute Gasteiger partial charge is 0.383 e. The van der Waals surface area contributed by atoms with E-state index < -0.39 is 0 Å². The molecule has 0 saturated carbocycles. The molecule has 0 atom stereocenters. The zero-order valence-corrected chi connectivity index (χ0v) is 13.7. The maximum absolute atomic E-state index is 5.21. The van der Waals surface area contributed by atoms with Gasteiger partial charge in [-0.2, -0.15) is 0 Å². The van der Waals surface area contributed by atoms with E-state index >= 15 is 0 Å². The molecule has 114 valence electrons. The van der Waals surface area contributed by atoms with Crippen LogP contribution in [0, 0.1) is 12.8 Å². The molecule has 20 heavy (non-hydrogen) atoms. The van der Waals surface area contributed by atoms with Gasteiger partial charge in [-0.3, -0.25) is 0 Å². The number of hydrogen-bond donors (Lipinski definition) is 1. The standard InChI is InChI=1S/C17H30N2O/c1-6-19(9-10-20-5)17-8-7-15(4)11-16(17)13-18-12-14(2)3/h7-8,11,14,18H,6,9-10,12-13H2,1-5H3. The molecule has 0 amide bonds. The Bertz CT molecular complexity index is 391. The third kappa shape index (κ3) is 5.51. The third-order valence-electron chi connectivity index (χ3n) is 3.39. The molecule has 0 aliphatic carbocycles. The van der Waals surface area contributed by atoms with E-state index in [0.29, 0.717) is 5.92 Å². The first kappa shape index (κ1) is 17.0. The van der Waals surface area contributed by atoms with E-state index in [4.69, 9.17) is 4.74 Å². The van der Waals surface area contributed by atoms with Gasteiger partial charge in [-0.25, -0.2) is 0 Å². The molecule has 0 aliphatic rings. The van der Waals surface area contributed by atoms with Crippen LogP contribution < -0.4 is 10.2 Å². The molecule has 3 heteroatoms. The molecule has 0 aliphatic heterocycles. The van der Waals surface area contributed by atoms with Crippen molar-refractivity contribution in [1.29, 1.82) is 0 Å². The number of rotatable bonds is 9. The highest BCUT2D eigenvalue weighted by Gasteiger charge is 2.10. The highest BCUT2D eigenvalue weighted by atomic mass is 16.5.